The molecule has 0 unspecified atom stereocenters. The molecular formula is C11H24N2. The molecule has 0 aromatic rings. The summed E-state index contributed by atoms with van der Waals surface area (Å²) >= 11 is 0. The van der Waals surface area contributed by atoms with E-state index >= 15 is 0 Å². The van der Waals surface area contributed by atoms with Crippen LogP contribution in [-0.2, 0) is 0 Å². The van der Waals surface area contributed by atoms with E-state index in [1.807, 2.05) is 0 Å². The van der Waals surface area contributed by atoms with Crippen molar-refractivity contribution >= 4 is 0 Å². The molecule has 2 N–H and O–H groups in total. The van der Waals surface area contributed by atoms with E-state index in [0.717, 1.165) is 18.6 Å². The highest BCUT2D eigenvalue weighted by atomic mass is 15.2. The number of nitrogens with two attached hydrogens (primary N) is 1. The first kappa shape index (κ1) is 11.0. The lowest BCUT2D eigenvalue weighted by atomic mass is 9.97. The molecule has 0 bridgehead atoms. The van der Waals surface area contributed by atoms with Gasteiger partial charge in [-0.25, -0.2) is 0 Å². The molecule has 1 fully saturated rings. The maximum absolute atomic E-state index is 5.49. The number of hydrogen-bond donors (Lipinski definition) is 1. The summed E-state index contributed by atoms with van der Waals surface area (Å²) in [6.45, 7) is 6.81. The fraction of sp³-hybridized carbons (Fsp3) is 1.00. The van der Waals surface area contributed by atoms with Crippen molar-refractivity contribution in [2.24, 2.45) is 5.73 Å². The molecule has 1 saturated heterocycles. The number of hydrogen-bond acceptors (Lipinski definition) is 2. The molecule has 13 heavy (non-hydrogen) atoms. The van der Waals surface area contributed by atoms with Gasteiger partial charge in [-0.05, 0) is 52.6 Å². The lowest BCUT2D eigenvalue weighted by Crippen LogP contribution is -2.44. The summed E-state index contributed by atoms with van der Waals surface area (Å²) in [5.74, 6) is 0. The Labute approximate surface area is 82.5 Å². The van der Waals surface area contributed by atoms with Gasteiger partial charge in [0.25, 0.3) is 0 Å². The van der Waals surface area contributed by atoms with Crippen molar-refractivity contribution in [3.8, 4) is 0 Å². The molecule has 2 nitrogen and oxygen atoms in total. The van der Waals surface area contributed by atoms with Crippen LogP contribution in [0.5, 0.6) is 0 Å². The minimum absolute atomic E-state index is 0.793. The van der Waals surface area contributed by atoms with Crippen LogP contribution in [0, 0.1) is 0 Å². The van der Waals surface area contributed by atoms with E-state index in [4.69, 9.17) is 5.73 Å². The maximum Gasteiger partial charge on any atom is 0.00697 e. The fourth-order valence-corrected chi connectivity index (χ4v) is 2.35. The normalized spacial score (nSPS) is 30.7. The standard InChI is InChI=1S/C11H24N2/c1-10-6-5-7-11(2)13(10)9-4-3-8-12/h10-11H,3-9,12H2,1-2H3/t10-,11+. The van der Waals surface area contributed by atoms with Crippen LogP contribution in [0.15, 0.2) is 0 Å². The maximum atomic E-state index is 5.49. The summed E-state index contributed by atoms with van der Waals surface area (Å²) < 4.78 is 0. The molecule has 1 rings (SSSR count). The Bertz CT molecular complexity index is 126. The van der Waals surface area contributed by atoms with Gasteiger partial charge in [-0.1, -0.05) is 6.42 Å². The van der Waals surface area contributed by atoms with Crippen molar-refractivity contribution in [1.29, 1.82) is 0 Å². The third-order valence-corrected chi connectivity index (χ3v) is 3.25. The molecule has 1 aliphatic rings. The smallest absolute Gasteiger partial charge is 0.00697 e. The van der Waals surface area contributed by atoms with Gasteiger partial charge in [-0.2, -0.15) is 0 Å². The molecule has 0 aromatic carbocycles. The Morgan fingerprint density at radius 2 is 1.77 bits per heavy atom. The SMILES string of the molecule is C[C@@H]1CCC[C@H](C)N1CCCCN. The van der Waals surface area contributed by atoms with E-state index in [1.54, 1.807) is 0 Å². The van der Waals surface area contributed by atoms with Gasteiger partial charge in [-0.15, -0.1) is 0 Å². The Morgan fingerprint density at radius 1 is 1.15 bits per heavy atom. The summed E-state index contributed by atoms with van der Waals surface area (Å²) in [5.41, 5.74) is 5.49. The zero-order valence-electron chi connectivity index (χ0n) is 9.13. The summed E-state index contributed by atoms with van der Waals surface area (Å²) in [5, 5.41) is 0. The Balaban J connectivity index is 2.26. The molecule has 78 valence electrons. The molecule has 0 amide bonds. The van der Waals surface area contributed by atoms with Crippen molar-refractivity contribution < 1.29 is 0 Å². The van der Waals surface area contributed by atoms with Gasteiger partial charge >= 0.3 is 0 Å². The molecule has 0 aliphatic carbocycles. The first-order valence-corrected chi connectivity index (χ1v) is 5.71. The van der Waals surface area contributed by atoms with Gasteiger partial charge in [0.05, 0.1) is 0 Å². The van der Waals surface area contributed by atoms with Gasteiger partial charge in [0.2, 0.25) is 0 Å². The fourth-order valence-electron chi connectivity index (χ4n) is 2.35. The highest BCUT2D eigenvalue weighted by Crippen LogP contribution is 2.22. The van der Waals surface area contributed by atoms with Crippen molar-refractivity contribution in [2.75, 3.05) is 13.1 Å². The van der Waals surface area contributed by atoms with Crippen molar-refractivity contribution in [3.05, 3.63) is 0 Å². The monoisotopic (exact) mass is 184 g/mol. The van der Waals surface area contributed by atoms with Crippen LogP contribution in [0.4, 0.5) is 0 Å². The number of rotatable bonds is 4. The van der Waals surface area contributed by atoms with E-state index in [0.29, 0.717) is 0 Å². The zero-order chi connectivity index (χ0) is 9.68. The molecular weight excluding hydrogens is 160 g/mol. The molecule has 2 heteroatoms. The summed E-state index contributed by atoms with van der Waals surface area (Å²) in [4.78, 5) is 2.65. The molecule has 2 atom stereocenters. The van der Waals surface area contributed by atoms with E-state index < -0.39 is 0 Å². The first-order valence-electron chi connectivity index (χ1n) is 5.71. The van der Waals surface area contributed by atoms with Gasteiger partial charge < -0.3 is 5.73 Å². The van der Waals surface area contributed by atoms with Crippen LogP contribution in [0.3, 0.4) is 0 Å². The minimum Gasteiger partial charge on any atom is -0.330 e. The van der Waals surface area contributed by atoms with Crippen LogP contribution in [0.25, 0.3) is 0 Å². The Hall–Kier alpha value is -0.0800. The largest absolute Gasteiger partial charge is 0.330 e. The van der Waals surface area contributed by atoms with Gasteiger partial charge in [0.15, 0.2) is 0 Å². The number of likely N-dealkylation sites (tertiary alicyclic amines) is 1. The molecule has 1 aliphatic heterocycles. The summed E-state index contributed by atoms with van der Waals surface area (Å²) in [7, 11) is 0. The van der Waals surface area contributed by atoms with Gasteiger partial charge in [-0.3, -0.25) is 4.90 Å². The van der Waals surface area contributed by atoms with Crippen LogP contribution in [0.2, 0.25) is 0 Å². The zero-order valence-corrected chi connectivity index (χ0v) is 9.13. The average molecular weight is 184 g/mol. The van der Waals surface area contributed by atoms with Gasteiger partial charge in [0.1, 0.15) is 0 Å². The van der Waals surface area contributed by atoms with Crippen LogP contribution >= 0.6 is 0 Å². The van der Waals surface area contributed by atoms with Crippen LogP contribution < -0.4 is 5.73 Å². The second kappa shape index (κ2) is 5.61. The number of piperidine rings is 1. The third-order valence-electron chi connectivity index (χ3n) is 3.25. The molecule has 1 heterocycles. The second-order valence-corrected chi connectivity index (χ2v) is 4.36. The lowest BCUT2D eigenvalue weighted by Gasteiger charge is -2.39. The Kier molecular flexibility index (Phi) is 4.74. The lowest BCUT2D eigenvalue weighted by molar-refractivity contribution is 0.102. The van der Waals surface area contributed by atoms with Crippen molar-refractivity contribution in [3.63, 3.8) is 0 Å². The third kappa shape index (κ3) is 3.28. The van der Waals surface area contributed by atoms with E-state index in [2.05, 4.69) is 18.7 Å². The Morgan fingerprint density at radius 3 is 2.31 bits per heavy atom. The van der Waals surface area contributed by atoms with Crippen LogP contribution in [0.1, 0.15) is 46.0 Å². The molecule has 0 saturated carbocycles. The van der Waals surface area contributed by atoms with Crippen molar-refractivity contribution in [1.82, 2.24) is 4.90 Å². The van der Waals surface area contributed by atoms with E-state index in [1.165, 1.54) is 38.6 Å². The van der Waals surface area contributed by atoms with Crippen molar-refractivity contribution in [2.45, 2.75) is 58.0 Å². The topological polar surface area (TPSA) is 29.3 Å². The van der Waals surface area contributed by atoms with E-state index in [-0.39, 0.29) is 0 Å². The van der Waals surface area contributed by atoms with Gasteiger partial charge in [0, 0.05) is 12.1 Å². The van der Waals surface area contributed by atoms with Crippen LogP contribution in [-0.4, -0.2) is 30.1 Å². The molecule has 0 radical (unpaired) electrons. The quantitative estimate of drug-likeness (QED) is 0.677. The average Bonchev–Trinajstić information content (AvgIpc) is 2.10. The van der Waals surface area contributed by atoms with E-state index in [9.17, 15) is 0 Å². The number of unbranched alkanes of at least 4 members (excludes halogenated alkanes) is 1. The minimum atomic E-state index is 0.793. The molecule has 0 spiro atoms. The summed E-state index contributed by atoms with van der Waals surface area (Å²) in [6.07, 6.45) is 6.62. The summed E-state index contributed by atoms with van der Waals surface area (Å²) in [6, 6.07) is 1.59. The number of nitrogens with zero attached hydrogens (tertiary/aromatic N) is 1. The first-order chi connectivity index (χ1) is 6.25. The predicted molar refractivity (Wildman–Crippen MR) is 57.8 cm³/mol. The highest BCUT2D eigenvalue weighted by Gasteiger charge is 2.23. The molecule has 0 aromatic heterocycles. The highest BCUT2D eigenvalue weighted by molar-refractivity contribution is 4.79. The predicted octanol–water partition coefficient (Wildman–Crippen LogP) is 1.99. The second-order valence-electron chi connectivity index (χ2n) is 4.36.